The van der Waals surface area contributed by atoms with Gasteiger partial charge in [0.1, 0.15) is 5.69 Å². The molecule has 0 aliphatic carbocycles. The number of fused-ring (bicyclic) bond motifs is 1. The first-order valence-corrected chi connectivity index (χ1v) is 8.69. The van der Waals surface area contributed by atoms with Gasteiger partial charge in [-0.25, -0.2) is 9.97 Å². The molecule has 3 aromatic rings. The summed E-state index contributed by atoms with van der Waals surface area (Å²) >= 11 is 0. The molecule has 5 nitrogen and oxygen atoms in total. The molecule has 0 bridgehead atoms. The normalized spacial score (nSPS) is 12.8. The van der Waals surface area contributed by atoms with Crippen LogP contribution in [0.4, 0.5) is 17.3 Å². The summed E-state index contributed by atoms with van der Waals surface area (Å²) in [6.07, 6.45) is 2.59. The van der Waals surface area contributed by atoms with Crippen molar-refractivity contribution in [2.75, 3.05) is 16.8 Å². The Labute approximate surface area is 152 Å². The van der Waals surface area contributed by atoms with Crippen LogP contribution in [-0.2, 0) is 6.42 Å². The van der Waals surface area contributed by atoms with E-state index in [9.17, 15) is 4.79 Å². The van der Waals surface area contributed by atoms with Gasteiger partial charge in [0.2, 0.25) is 5.95 Å². The van der Waals surface area contributed by atoms with Crippen LogP contribution in [0, 0.1) is 13.8 Å². The van der Waals surface area contributed by atoms with E-state index in [1.807, 2.05) is 44.2 Å². The van der Waals surface area contributed by atoms with Gasteiger partial charge in [0.25, 0.3) is 5.91 Å². The summed E-state index contributed by atoms with van der Waals surface area (Å²) in [6, 6.07) is 15.7. The molecule has 4 rings (SSSR count). The molecule has 0 saturated carbocycles. The minimum absolute atomic E-state index is 0.232. The van der Waals surface area contributed by atoms with Crippen molar-refractivity contribution >= 4 is 23.2 Å². The predicted octanol–water partition coefficient (Wildman–Crippen LogP) is 4.04. The topological polar surface area (TPSA) is 58.1 Å². The van der Waals surface area contributed by atoms with Crippen molar-refractivity contribution < 1.29 is 4.79 Å². The maximum Gasteiger partial charge on any atom is 0.274 e. The third kappa shape index (κ3) is 3.04. The molecule has 2 heterocycles. The maximum atomic E-state index is 12.6. The first-order valence-electron chi connectivity index (χ1n) is 8.69. The van der Waals surface area contributed by atoms with Crippen molar-refractivity contribution in [1.29, 1.82) is 0 Å². The van der Waals surface area contributed by atoms with Crippen LogP contribution < -0.4 is 10.2 Å². The zero-order valence-corrected chi connectivity index (χ0v) is 14.9. The molecule has 0 saturated heterocycles. The molecule has 0 radical (unpaired) electrons. The molecule has 2 aromatic carbocycles. The second kappa shape index (κ2) is 6.59. The summed E-state index contributed by atoms with van der Waals surface area (Å²) in [5.41, 5.74) is 5.85. The lowest BCUT2D eigenvalue weighted by atomic mass is 10.1. The van der Waals surface area contributed by atoms with Crippen molar-refractivity contribution in [1.82, 2.24) is 9.97 Å². The Bertz CT molecular complexity index is 983. The van der Waals surface area contributed by atoms with Crippen molar-refractivity contribution in [3.63, 3.8) is 0 Å². The number of carbonyl (C=O) groups excluding carboxylic acids is 1. The summed E-state index contributed by atoms with van der Waals surface area (Å²) in [7, 11) is 0. The van der Waals surface area contributed by atoms with Gasteiger partial charge in [0, 0.05) is 24.1 Å². The van der Waals surface area contributed by atoms with E-state index >= 15 is 0 Å². The molecule has 1 aliphatic rings. The minimum atomic E-state index is -0.232. The second-order valence-electron chi connectivity index (χ2n) is 6.53. The van der Waals surface area contributed by atoms with Crippen LogP contribution in [0.1, 0.15) is 27.2 Å². The van der Waals surface area contributed by atoms with Gasteiger partial charge >= 0.3 is 0 Å². The molecule has 1 aromatic heterocycles. The summed E-state index contributed by atoms with van der Waals surface area (Å²) in [6.45, 7) is 4.89. The van der Waals surface area contributed by atoms with Crippen LogP contribution >= 0.6 is 0 Å². The first-order chi connectivity index (χ1) is 12.6. The number of rotatable bonds is 3. The van der Waals surface area contributed by atoms with Gasteiger partial charge in [-0.15, -0.1) is 0 Å². The number of para-hydroxylation sites is 1. The number of aryl methyl sites for hydroxylation is 2. The number of amides is 1. The Balaban J connectivity index is 1.58. The number of benzene rings is 2. The van der Waals surface area contributed by atoms with Crippen molar-refractivity contribution in [3.05, 3.63) is 77.1 Å². The zero-order valence-electron chi connectivity index (χ0n) is 14.9. The number of anilines is 3. The molecule has 1 amide bonds. The van der Waals surface area contributed by atoms with E-state index in [0.717, 1.165) is 29.9 Å². The molecule has 0 spiro atoms. The smallest absolute Gasteiger partial charge is 0.274 e. The molecule has 26 heavy (non-hydrogen) atoms. The van der Waals surface area contributed by atoms with Crippen LogP contribution in [0.2, 0.25) is 0 Å². The van der Waals surface area contributed by atoms with E-state index in [1.54, 1.807) is 12.3 Å². The van der Waals surface area contributed by atoms with Crippen molar-refractivity contribution in [3.8, 4) is 0 Å². The Morgan fingerprint density at radius 1 is 1.08 bits per heavy atom. The predicted molar refractivity (Wildman–Crippen MR) is 103 cm³/mol. The van der Waals surface area contributed by atoms with E-state index < -0.39 is 0 Å². The Hall–Kier alpha value is -3.21. The van der Waals surface area contributed by atoms with Gasteiger partial charge < -0.3 is 10.2 Å². The summed E-state index contributed by atoms with van der Waals surface area (Å²) < 4.78 is 0. The highest BCUT2D eigenvalue weighted by atomic mass is 16.1. The highest BCUT2D eigenvalue weighted by molar-refractivity contribution is 6.03. The van der Waals surface area contributed by atoms with Crippen LogP contribution in [-0.4, -0.2) is 22.4 Å². The lowest BCUT2D eigenvalue weighted by Crippen LogP contribution is -2.20. The van der Waals surface area contributed by atoms with E-state index in [0.29, 0.717) is 11.6 Å². The highest BCUT2D eigenvalue weighted by Crippen LogP contribution is 2.32. The molecule has 1 aliphatic heterocycles. The standard InChI is InChI=1S/C21H20N4O/c1-14-7-8-17(13-15(14)2)23-20(26)18-9-11-22-21(24-18)25-12-10-16-5-3-4-6-19(16)25/h3-9,11,13H,10,12H2,1-2H3,(H,23,26). The monoisotopic (exact) mass is 344 g/mol. The molecule has 1 N–H and O–H groups in total. The summed E-state index contributed by atoms with van der Waals surface area (Å²) in [4.78, 5) is 23.5. The molecule has 0 unspecified atom stereocenters. The largest absolute Gasteiger partial charge is 0.321 e. The van der Waals surface area contributed by atoms with E-state index in [-0.39, 0.29) is 5.91 Å². The minimum Gasteiger partial charge on any atom is -0.321 e. The fourth-order valence-corrected chi connectivity index (χ4v) is 3.17. The van der Waals surface area contributed by atoms with Crippen LogP contribution in [0.5, 0.6) is 0 Å². The van der Waals surface area contributed by atoms with Crippen molar-refractivity contribution in [2.24, 2.45) is 0 Å². The van der Waals surface area contributed by atoms with Gasteiger partial charge in [0.15, 0.2) is 0 Å². The lowest BCUT2D eigenvalue weighted by molar-refractivity contribution is 0.102. The third-order valence-electron chi connectivity index (χ3n) is 4.77. The highest BCUT2D eigenvalue weighted by Gasteiger charge is 2.22. The number of nitrogens with zero attached hydrogens (tertiary/aromatic N) is 3. The molecule has 0 atom stereocenters. The average Bonchev–Trinajstić information content (AvgIpc) is 3.09. The Morgan fingerprint density at radius 2 is 1.92 bits per heavy atom. The summed E-state index contributed by atoms with van der Waals surface area (Å²) in [5.74, 6) is 0.326. The molecular formula is C21H20N4O. The van der Waals surface area contributed by atoms with Gasteiger partial charge in [-0.05, 0) is 61.2 Å². The molecular weight excluding hydrogens is 324 g/mol. The van der Waals surface area contributed by atoms with Crippen molar-refractivity contribution in [2.45, 2.75) is 20.3 Å². The van der Waals surface area contributed by atoms with Gasteiger partial charge in [-0.2, -0.15) is 0 Å². The van der Waals surface area contributed by atoms with Gasteiger partial charge in [-0.1, -0.05) is 24.3 Å². The average molecular weight is 344 g/mol. The van der Waals surface area contributed by atoms with E-state index in [2.05, 4.69) is 32.3 Å². The second-order valence-corrected chi connectivity index (χ2v) is 6.53. The fraction of sp³-hybridized carbons (Fsp3) is 0.190. The number of aromatic nitrogens is 2. The zero-order chi connectivity index (χ0) is 18.1. The quantitative estimate of drug-likeness (QED) is 0.779. The Morgan fingerprint density at radius 3 is 2.77 bits per heavy atom. The molecule has 0 fully saturated rings. The maximum absolute atomic E-state index is 12.6. The third-order valence-corrected chi connectivity index (χ3v) is 4.77. The van der Waals surface area contributed by atoms with Crippen LogP contribution in [0.25, 0.3) is 0 Å². The van der Waals surface area contributed by atoms with E-state index in [4.69, 9.17) is 0 Å². The number of hydrogen-bond donors (Lipinski definition) is 1. The lowest BCUT2D eigenvalue weighted by Gasteiger charge is -2.17. The number of carbonyl (C=O) groups is 1. The number of nitrogens with one attached hydrogen (secondary N) is 1. The fourth-order valence-electron chi connectivity index (χ4n) is 3.17. The molecule has 130 valence electrons. The summed E-state index contributed by atoms with van der Waals surface area (Å²) in [5, 5.41) is 2.92. The molecule has 5 heteroatoms. The van der Waals surface area contributed by atoms with Gasteiger partial charge in [0.05, 0.1) is 0 Å². The van der Waals surface area contributed by atoms with Crippen LogP contribution in [0.3, 0.4) is 0 Å². The number of hydrogen-bond acceptors (Lipinski definition) is 4. The first kappa shape index (κ1) is 16.3. The SMILES string of the molecule is Cc1ccc(NC(=O)c2ccnc(N3CCc4ccccc43)n2)cc1C. The van der Waals surface area contributed by atoms with Gasteiger partial charge in [-0.3, -0.25) is 4.79 Å². The van der Waals surface area contributed by atoms with Crippen LogP contribution in [0.15, 0.2) is 54.7 Å². The Kier molecular flexibility index (Phi) is 4.13. The van der Waals surface area contributed by atoms with E-state index in [1.165, 1.54) is 11.1 Å².